The zero-order valence-electron chi connectivity index (χ0n) is 8.99. The monoisotopic (exact) mass is 231 g/mol. The molecule has 0 radical (unpaired) electrons. The number of benzene rings is 2. The summed E-state index contributed by atoms with van der Waals surface area (Å²) in [7, 11) is 0. The van der Waals surface area contributed by atoms with Crippen molar-refractivity contribution in [2.45, 2.75) is 6.42 Å². The Kier molecular flexibility index (Phi) is 3.97. The Morgan fingerprint density at radius 1 is 0.875 bits per heavy atom. The molecule has 2 rings (SSSR count). The Morgan fingerprint density at radius 3 is 2.38 bits per heavy atom. The Bertz CT molecular complexity index is 439. The molecule has 1 nitrogen and oxygen atoms in total. The van der Waals surface area contributed by atoms with E-state index in [1.807, 2.05) is 6.07 Å². The third-order valence-electron chi connectivity index (χ3n) is 2.54. The molecule has 2 aromatic carbocycles. The number of hydrogen-bond donors (Lipinski definition) is 1. The van der Waals surface area contributed by atoms with E-state index < -0.39 is 0 Å². The van der Waals surface area contributed by atoms with E-state index in [1.165, 1.54) is 16.7 Å². The number of halogens is 1. The largest absolute Gasteiger partial charge is 0.233 e. The van der Waals surface area contributed by atoms with Crippen molar-refractivity contribution in [2.75, 3.05) is 6.54 Å². The first kappa shape index (κ1) is 11.2. The molecular weight excluding hydrogens is 218 g/mol. The topological polar surface area (TPSA) is 12.0 Å². The van der Waals surface area contributed by atoms with Gasteiger partial charge in [0, 0.05) is 6.54 Å². The molecule has 0 aromatic heterocycles. The number of rotatable bonds is 4. The molecule has 0 fully saturated rings. The predicted octanol–water partition coefficient (Wildman–Crippen LogP) is 3.64. The van der Waals surface area contributed by atoms with E-state index in [2.05, 4.69) is 53.4 Å². The van der Waals surface area contributed by atoms with Crippen molar-refractivity contribution in [1.29, 1.82) is 0 Å². The van der Waals surface area contributed by atoms with Crippen LogP contribution in [0.15, 0.2) is 54.6 Å². The van der Waals surface area contributed by atoms with E-state index in [1.54, 1.807) is 0 Å². The molecule has 0 unspecified atom stereocenters. The summed E-state index contributed by atoms with van der Waals surface area (Å²) in [5.74, 6) is 0. The minimum atomic E-state index is 0.791. The highest BCUT2D eigenvalue weighted by Crippen LogP contribution is 2.19. The lowest BCUT2D eigenvalue weighted by molar-refractivity contribution is 0.899. The van der Waals surface area contributed by atoms with Crippen molar-refractivity contribution >= 4 is 11.8 Å². The van der Waals surface area contributed by atoms with Crippen molar-refractivity contribution < 1.29 is 0 Å². The molecule has 0 heterocycles. The van der Waals surface area contributed by atoms with Crippen molar-refractivity contribution in [3.8, 4) is 11.1 Å². The van der Waals surface area contributed by atoms with Gasteiger partial charge < -0.3 is 0 Å². The van der Waals surface area contributed by atoms with E-state index >= 15 is 0 Å². The van der Waals surface area contributed by atoms with Crippen LogP contribution in [0.2, 0.25) is 0 Å². The van der Waals surface area contributed by atoms with Crippen LogP contribution in [0.1, 0.15) is 5.56 Å². The van der Waals surface area contributed by atoms with Gasteiger partial charge in [0.1, 0.15) is 0 Å². The van der Waals surface area contributed by atoms with Crippen LogP contribution in [-0.2, 0) is 6.42 Å². The fraction of sp³-hybridized carbons (Fsp3) is 0.143. The molecular formula is C14H14ClN. The molecule has 0 spiro atoms. The maximum atomic E-state index is 5.46. The summed E-state index contributed by atoms with van der Waals surface area (Å²) in [5.41, 5.74) is 3.81. The van der Waals surface area contributed by atoms with Gasteiger partial charge in [0.2, 0.25) is 0 Å². The first-order valence-corrected chi connectivity index (χ1v) is 5.76. The fourth-order valence-electron chi connectivity index (χ4n) is 1.73. The van der Waals surface area contributed by atoms with Crippen LogP contribution in [0.3, 0.4) is 0 Å². The van der Waals surface area contributed by atoms with Crippen LogP contribution in [0.25, 0.3) is 11.1 Å². The van der Waals surface area contributed by atoms with E-state index in [-0.39, 0.29) is 0 Å². The van der Waals surface area contributed by atoms with Gasteiger partial charge in [-0.05, 0) is 34.9 Å². The van der Waals surface area contributed by atoms with Crippen LogP contribution in [0.4, 0.5) is 0 Å². The molecule has 0 aliphatic carbocycles. The normalized spacial score (nSPS) is 10.3. The van der Waals surface area contributed by atoms with Crippen LogP contribution in [0, 0.1) is 0 Å². The zero-order valence-corrected chi connectivity index (χ0v) is 9.74. The second-order valence-electron chi connectivity index (χ2n) is 3.70. The summed E-state index contributed by atoms with van der Waals surface area (Å²) in [6.07, 6.45) is 0.949. The first-order chi connectivity index (χ1) is 7.90. The van der Waals surface area contributed by atoms with Gasteiger partial charge in [-0.3, -0.25) is 0 Å². The third kappa shape index (κ3) is 2.84. The molecule has 0 atom stereocenters. The van der Waals surface area contributed by atoms with Gasteiger partial charge in [-0.2, -0.15) is 0 Å². The molecule has 0 bridgehead atoms. The Labute approximate surface area is 101 Å². The average molecular weight is 232 g/mol. The van der Waals surface area contributed by atoms with Crippen LogP contribution >= 0.6 is 11.8 Å². The molecule has 0 aliphatic heterocycles. The maximum absolute atomic E-state index is 5.46. The lowest BCUT2D eigenvalue weighted by Crippen LogP contribution is -2.04. The van der Waals surface area contributed by atoms with Crippen molar-refractivity contribution in [3.05, 3.63) is 60.2 Å². The predicted molar refractivity (Wildman–Crippen MR) is 69.4 cm³/mol. The highest BCUT2D eigenvalue weighted by atomic mass is 35.5. The number of nitrogens with one attached hydrogen (secondary N) is 1. The van der Waals surface area contributed by atoms with E-state index in [0.717, 1.165) is 13.0 Å². The summed E-state index contributed by atoms with van der Waals surface area (Å²) in [6, 6.07) is 19.0. The van der Waals surface area contributed by atoms with Gasteiger partial charge in [-0.1, -0.05) is 54.6 Å². The lowest BCUT2D eigenvalue weighted by Gasteiger charge is -2.04. The molecule has 0 aliphatic rings. The average Bonchev–Trinajstić information content (AvgIpc) is 2.38. The van der Waals surface area contributed by atoms with Crippen molar-refractivity contribution in [3.63, 3.8) is 0 Å². The molecule has 1 N–H and O–H groups in total. The summed E-state index contributed by atoms with van der Waals surface area (Å²) in [6.45, 7) is 0.791. The Morgan fingerprint density at radius 2 is 1.62 bits per heavy atom. The minimum absolute atomic E-state index is 0.791. The molecule has 0 saturated heterocycles. The second-order valence-corrected chi connectivity index (χ2v) is 3.97. The highest BCUT2D eigenvalue weighted by molar-refractivity contribution is 6.13. The van der Waals surface area contributed by atoms with Gasteiger partial charge in [-0.25, -0.2) is 4.84 Å². The van der Waals surface area contributed by atoms with Gasteiger partial charge >= 0.3 is 0 Å². The smallest absolute Gasteiger partial charge is 0.0148 e. The van der Waals surface area contributed by atoms with Gasteiger partial charge in [0.15, 0.2) is 0 Å². The highest BCUT2D eigenvalue weighted by Gasteiger charge is 1.98. The lowest BCUT2D eigenvalue weighted by atomic mass is 10.0. The van der Waals surface area contributed by atoms with Crippen LogP contribution < -0.4 is 4.84 Å². The van der Waals surface area contributed by atoms with Crippen LogP contribution in [0.5, 0.6) is 0 Å². The molecule has 0 saturated carbocycles. The molecule has 0 amide bonds. The SMILES string of the molecule is ClNCCc1cccc(-c2ccccc2)c1. The van der Waals surface area contributed by atoms with Gasteiger partial charge in [-0.15, -0.1) is 0 Å². The van der Waals surface area contributed by atoms with Crippen molar-refractivity contribution in [1.82, 2.24) is 4.84 Å². The van der Waals surface area contributed by atoms with E-state index in [4.69, 9.17) is 11.8 Å². The Hall–Kier alpha value is -1.31. The molecule has 2 heteroatoms. The molecule has 2 aromatic rings. The summed E-state index contributed by atoms with van der Waals surface area (Å²) in [5, 5.41) is 0. The first-order valence-electron chi connectivity index (χ1n) is 5.38. The standard InChI is InChI=1S/C14H14ClN/c15-16-10-9-12-5-4-8-14(11-12)13-6-2-1-3-7-13/h1-8,11,16H,9-10H2. The zero-order chi connectivity index (χ0) is 11.2. The van der Waals surface area contributed by atoms with Gasteiger partial charge in [0.05, 0.1) is 0 Å². The van der Waals surface area contributed by atoms with E-state index in [0.29, 0.717) is 0 Å². The number of hydrogen-bond acceptors (Lipinski definition) is 1. The van der Waals surface area contributed by atoms with Gasteiger partial charge in [0.25, 0.3) is 0 Å². The van der Waals surface area contributed by atoms with Crippen molar-refractivity contribution in [2.24, 2.45) is 0 Å². The second kappa shape index (κ2) is 5.69. The molecule has 16 heavy (non-hydrogen) atoms. The quantitative estimate of drug-likeness (QED) is 0.793. The van der Waals surface area contributed by atoms with E-state index in [9.17, 15) is 0 Å². The fourth-order valence-corrected chi connectivity index (χ4v) is 1.82. The molecule has 82 valence electrons. The summed E-state index contributed by atoms with van der Waals surface area (Å²) in [4.78, 5) is 2.65. The summed E-state index contributed by atoms with van der Waals surface area (Å²) >= 11 is 5.46. The van der Waals surface area contributed by atoms with Crippen LogP contribution in [-0.4, -0.2) is 6.54 Å². The summed E-state index contributed by atoms with van der Waals surface area (Å²) < 4.78 is 0. The third-order valence-corrected chi connectivity index (χ3v) is 2.73. The minimum Gasteiger partial charge on any atom is -0.233 e. The maximum Gasteiger partial charge on any atom is 0.0148 e. The Balaban J connectivity index is 2.22.